The van der Waals surface area contributed by atoms with Crippen LogP contribution in [0, 0.1) is 13.8 Å². The smallest absolute Gasteiger partial charge is 0.227 e. The molecule has 0 aliphatic heterocycles. The summed E-state index contributed by atoms with van der Waals surface area (Å²) in [6.45, 7) is 10.2. The van der Waals surface area contributed by atoms with Crippen molar-refractivity contribution < 1.29 is 9.53 Å². The molecule has 0 radical (unpaired) electrons. The van der Waals surface area contributed by atoms with Crippen LogP contribution in [0.5, 0.6) is 0 Å². The normalized spacial score (nSPS) is 10.5. The van der Waals surface area contributed by atoms with Gasteiger partial charge in [-0.05, 0) is 51.3 Å². The van der Waals surface area contributed by atoms with Crippen molar-refractivity contribution in [1.29, 1.82) is 0 Å². The molecule has 1 aromatic carbocycles. The zero-order valence-electron chi connectivity index (χ0n) is 12.5. The van der Waals surface area contributed by atoms with Crippen molar-refractivity contribution in [3.63, 3.8) is 0 Å². The van der Waals surface area contributed by atoms with E-state index in [1.165, 1.54) is 5.56 Å². The lowest BCUT2D eigenvalue weighted by Crippen LogP contribution is -2.31. The monoisotopic (exact) mass is 263 g/mol. The van der Waals surface area contributed by atoms with Crippen molar-refractivity contribution in [1.82, 2.24) is 0 Å². The van der Waals surface area contributed by atoms with Crippen molar-refractivity contribution in [3.8, 4) is 0 Å². The molecule has 0 aliphatic carbocycles. The van der Waals surface area contributed by atoms with E-state index in [1.807, 2.05) is 25.7 Å². The second-order valence-electron chi connectivity index (χ2n) is 4.73. The zero-order valence-corrected chi connectivity index (χ0v) is 12.5. The maximum Gasteiger partial charge on any atom is 0.227 e. The molecule has 0 saturated heterocycles. The molecule has 3 nitrogen and oxygen atoms in total. The van der Waals surface area contributed by atoms with Gasteiger partial charge in [0, 0.05) is 31.9 Å². The number of amides is 1. The zero-order chi connectivity index (χ0) is 14.3. The Kier molecular flexibility index (Phi) is 6.57. The van der Waals surface area contributed by atoms with Crippen LogP contribution in [0.2, 0.25) is 0 Å². The van der Waals surface area contributed by atoms with Crippen LogP contribution in [-0.4, -0.2) is 25.7 Å². The van der Waals surface area contributed by atoms with Gasteiger partial charge in [0.25, 0.3) is 0 Å². The molecular formula is C16H25NO2. The minimum Gasteiger partial charge on any atom is -0.382 e. The molecule has 1 aromatic rings. The van der Waals surface area contributed by atoms with Gasteiger partial charge >= 0.3 is 0 Å². The standard InChI is InChI=1S/C16H25NO2/c1-5-17(16(18)8-7-11-19-6-2)15-12-13(3)9-10-14(15)4/h9-10,12H,5-8,11H2,1-4H3. The third-order valence-corrected chi connectivity index (χ3v) is 3.16. The molecule has 0 spiro atoms. The second kappa shape index (κ2) is 7.95. The number of carbonyl (C=O) groups is 1. The Labute approximate surface area is 116 Å². The number of rotatable bonds is 7. The Morgan fingerprint density at radius 1 is 1.26 bits per heavy atom. The van der Waals surface area contributed by atoms with E-state index in [2.05, 4.69) is 25.1 Å². The Balaban J connectivity index is 2.71. The lowest BCUT2D eigenvalue weighted by atomic mass is 10.1. The summed E-state index contributed by atoms with van der Waals surface area (Å²) in [7, 11) is 0. The van der Waals surface area contributed by atoms with Crippen LogP contribution >= 0.6 is 0 Å². The van der Waals surface area contributed by atoms with Gasteiger partial charge in [-0.1, -0.05) is 12.1 Å². The van der Waals surface area contributed by atoms with Gasteiger partial charge in [-0.3, -0.25) is 4.79 Å². The van der Waals surface area contributed by atoms with Crippen molar-refractivity contribution in [2.24, 2.45) is 0 Å². The van der Waals surface area contributed by atoms with Crippen molar-refractivity contribution in [2.45, 2.75) is 40.5 Å². The Morgan fingerprint density at radius 3 is 2.63 bits per heavy atom. The third kappa shape index (κ3) is 4.67. The molecule has 0 N–H and O–H groups in total. The highest BCUT2D eigenvalue weighted by Gasteiger charge is 2.15. The van der Waals surface area contributed by atoms with Gasteiger partial charge in [0.1, 0.15) is 0 Å². The number of hydrogen-bond acceptors (Lipinski definition) is 2. The summed E-state index contributed by atoms with van der Waals surface area (Å²) in [4.78, 5) is 14.1. The van der Waals surface area contributed by atoms with Gasteiger partial charge in [0.05, 0.1) is 0 Å². The van der Waals surface area contributed by atoms with E-state index < -0.39 is 0 Å². The quantitative estimate of drug-likeness (QED) is 0.705. The number of nitrogens with zero attached hydrogens (tertiary/aromatic N) is 1. The van der Waals surface area contributed by atoms with Gasteiger partial charge in [-0.2, -0.15) is 0 Å². The summed E-state index contributed by atoms with van der Waals surface area (Å²) in [5, 5.41) is 0. The summed E-state index contributed by atoms with van der Waals surface area (Å²) in [5.41, 5.74) is 3.36. The van der Waals surface area contributed by atoms with Crippen LogP contribution in [0.4, 0.5) is 5.69 Å². The topological polar surface area (TPSA) is 29.5 Å². The minimum atomic E-state index is 0.177. The molecule has 19 heavy (non-hydrogen) atoms. The lowest BCUT2D eigenvalue weighted by molar-refractivity contribution is -0.118. The number of hydrogen-bond donors (Lipinski definition) is 0. The van der Waals surface area contributed by atoms with Crippen molar-refractivity contribution >= 4 is 11.6 Å². The van der Waals surface area contributed by atoms with Crippen LogP contribution in [0.15, 0.2) is 18.2 Å². The highest BCUT2D eigenvalue weighted by Crippen LogP contribution is 2.22. The molecular weight excluding hydrogens is 238 g/mol. The van der Waals surface area contributed by atoms with E-state index in [0.29, 0.717) is 26.2 Å². The van der Waals surface area contributed by atoms with Gasteiger partial charge in [-0.15, -0.1) is 0 Å². The van der Waals surface area contributed by atoms with Crippen LogP contribution in [0.1, 0.15) is 37.8 Å². The van der Waals surface area contributed by atoms with E-state index in [0.717, 1.165) is 17.7 Å². The molecule has 0 saturated carbocycles. The van der Waals surface area contributed by atoms with E-state index in [1.54, 1.807) is 0 Å². The first-order valence-corrected chi connectivity index (χ1v) is 7.05. The van der Waals surface area contributed by atoms with Crippen LogP contribution in [0.25, 0.3) is 0 Å². The van der Waals surface area contributed by atoms with E-state index in [-0.39, 0.29) is 5.91 Å². The number of ether oxygens (including phenoxy) is 1. The predicted molar refractivity (Wildman–Crippen MR) is 79.7 cm³/mol. The molecule has 1 amide bonds. The molecule has 0 bridgehead atoms. The van der Waals surface area contributed by atoms with Crippen LogP contribution in [0.3, 0.4) is 0 Å². The molecule has 0 atom stereocenters. The summed E-state index contributed by atoms with van der Waals surface area (Å²) >= 11 is 0. The van der Waals surface area contributed by atoms with Crippen molar-refractivity contribution in [2.75, 3.05) is 24.7 Å². The Morgan fingerprint density at radius 2 is 2.00 bits per heavy atom. The predicted octanol–water partition coefficient (Wildman–Crippen LogP) is 3.47. The Hall–Kier alpha value is -1.35. The fourth-order valence-electron chi connectivity index (χ4n) is 2.10. The maximum atomic E-state index is 12.3. The molecule has 0 fully saturated rings. The number of aryl methyl sites for hydroxylation is 2. The summed E-state index contributed by atoms with van der Waals surface area (Å²) in [6, 6.07) is 6.23. The number of carbonyl (C=O) groups excluding carboxylic acids is 1. The van der Waals surface area contributed by atoms with E-state index in [4.69, 9.17) is 4.74 Å². The number of benzene rings is 1. The molecule has 106 valence electrons. The van der Waals surface area contributed by atoms with E-state index >= 15 is 0 Å². The second-order valence-corrected chi connectivity index (χ2v) is 4.73. The van der Waals surface area contributed by atoms with Crippen molar-refractivity contribution in [3.05, 3.63) is 29.3 Å². The molecule has 3 heteroatoms. The summed E-state index contributed by atoms with van der Waals surface area (Å²) in [5.74, 6) is 0.177. The highest BCUT2D eigenvalue weighted by atomic mass is 16.5. The van der Waals surface area contributed by atoms with Gasteiger partial charge in [0.2, 0.25) is 5.91 Å². The maximum absolute atomic E-state index is 12.3. The average Bonchev–Trinajstić information content (AvgIpc) is 2.39. The number of anilines is 1. The largest absolute Gasteiger partial charge is 0.382 e. The molecule has 0 heterocycles. The molecule has 1 rings (SSSR count). The first-order valence-electron chi connectivity index (χ1n) is 7.05. The van der Waals surface area contributed by atoms with Crippen LogP contribution < -0.4 is 4.90 Å². The highest BCUT2D eigenvalue weighted by molar-refractivity contribution is 5.94. The third-order valence-electron chi connectivity index (χ3n) is 3.16. The minimum absolute atomic E-state index is 0.177. The van der Waals surface area contributed by atoms with Gasteiger partial charge in [0.15, 0.2) is 0 Å². The van der Waals surface area contributed by atoms with Gasteiger partial charge in [-0.25, -0.2) is 0 Å². The van der Waals surface area contributed by atoms with Crippen LogP contribution in [-0.2, 0) is 9.53 Å². The summed E-state index contributed by atoms with van der Waals surface area (Å²) in [6.07, 6.45) is 1.33. The first-order chi connectivity index (χ1) is 9.10. The SMILES string of the molecule is CCOCCCC(=O)N(CC)c1cc(C)ccc1C. The first kappa shape index (κ1) is 15.7. The summed E-state index contributed by atoms with van der Waals surface area (Å²) < 4.78 is 5.28. The molecule has 0 aromatic heterocycles. The van der Waals surface area contributed by atoms with E-state index in [9.17, 15) is 4.79 Å². The Bertz CT molecular complexity index is 415. The fourth-order valence-corrected chi connectivity index (χ4v) is 2.10. The van der Waals surface area contributed by atoms with Gasteiger partial charge < -0.3 is 9.64 Å². The molecule has 0 aliphatic rings. The molecule has 0 unspecified atom stereocenters. The lowest BCUT2D eigenvalue weighted by Gasteiger charge is -2.23. The average molecular weight is 263 g/mol. The fraction of sp³-hybridized carbons (Fsp3) is 0.562.